The Hall–Kier alpha value is -5.71. The molecule has 0 fully saturated rings. The number of benzene rings is 1. The maximum Gasteiger partial charge on any atom is 0.255 e. The average Bonchev–Trinajstić information content (AvgIpc) is 3.71. The molecule has 1 amide bonds. The Morgan fingerprint density at radius 1 is 0.974 bits per heavy atom. The number of nitrogens with zero attached hydrogens (tertiary/aromatic N) is 7. The smallest absolute Gasteiger partial charge is 0.255 e. The molecular formula is C28H20N10O. The van der Waals surface area contributed by atoms with E-state index < -0.39 is 0 Å². The molecule has 0 aliphatic rings. The number of aromatic nitrogens is 9. The van der Waals surface area contributed by atoms with Gasteiger partial charge in [-0.2, -0.15) is 5.10 Å². The van der Waals surface area contributed by atoms with Gasteiger partial charge in [0.15, 0.2) is 17.2 Å². The molecule has 1 aromatic carbocycles. The van der Waals surface area contributed by atoms with Crippen molar-refractivity contribution >= 4 is 33.8 Å². The Kier molecular flexibility index (Phi) is 5.18. The lowest BCUT2D eigenvalue weighted by Crippen LogP contribution is -2.11. The van der Waals surface area contributed by atoms with Crippen LogP contribution in [-0.4, -0.2) is 50.6 Å². The number of fused-ring (bicyclic) bond motifs is 2. The van der Waals surface area contributed by atoms with E-state index in [0.29, 0.717) is 45.1 Å². The van der Waals surface area contributed by atoms with Gasteiger partial charge in [0.1, 0.15) is 11.0 Å². The number of amides is 1. The molecule has 0 atom stereocenters. The number of carbonyl (C=O) groups excluding carboxylic acids is 1. The van der Waals surface area contributed by atoms with Crippen molar-refractivity contribution in [2.45, 2.75) is 6.92 Å². The van der Waals surface area contributed by atoms with Crippen molar-refractivity contribution in [3.8, 4) is 28.5 Å². The van der Waals surface area contributed by atoms with E-state index in [0.717, 1.165) is 22.5 Å². The van der Waals surface area contributed by atoms with Crippen LogP contribution in [0, 0.1) is 6.92 Å². The normalized spacial score (nSPS) is 11.3. The SMILES string of the molecule is Cc1cn(-c2ccnc3[nH]c(-c4n[nH]c5ccc(-c6cncc(NC(=O)c7ccccc7)c6)nc45)nc23)cn1. The number of anilines is 1. The van der Waals surface area contributed by atoms with E-state index in [1.54, 1.807) is 37.1 Å². The maximum atomic E-state index is 12.6. The van der Waals surface area contributed by atoms with Gasteiger partial charge in [-0.25, -0.2) is 19.9 Å². The van der Waals surface area contributed by atoms with Crippen LogP contribution in [0.25, 0.3) is 50.7 Å². The molecule has 11 nitrogen and oxygen atoms in total. The summed E-state index contributed by atoms with van der Waals surface area (Å²) in [5, 5.41) is 10.4. The van der Waals surface area contributed by atoms with Crippen LogP contribution >= 0.6 is 0 Å². The molecule has 0 unspecified atom stereocenters. The Balaban J connectivity index is 1.25. The number of H-pyrrole nitrogens is 2. The highest BCUT2D eigenvalue weighted by molar-refractivity contribution is 6.04. The quantitative estimate of drug-likeness (QED) is 0.303. The molecular weight excluding hydrogens is 492 g/mol. The summed E-state index contributed by atoms with van der Waals surface area (Å²) in [5.74, 6) is 0.332. The Bertz CT molecular complexity index is 1990. The van der Waals surface area contributed by atoms with Gasteiger partial charge in [-0.05, 0) is 43.3 Å². The highest BCUT2D eigenvalue weighted by Crippen LogP contribution is 2.29. The first-order chi connectivity index (χ1) is 19.1. The van der Waals surface area contributed by atoms with E-state index in [9.17, 15) is 4.79 Å². The molecule has 6 aromatic heterocycles. The number of hydrogen-bond acceptors (Lipinski definition) is 7. The van der Waals surface area contributed by atoms with E-state index in [4.69, 9.17) is 9.97 Å². The molecule has 0 saturated heterocycles. The fourth-order valence-electron chi connectivity index (χ4n) is 4.44. The zero-order chi connectivity index (χ0) is 26.3. The van der Waals surface area contributed by atoms with Crippen molar-refractivity contribution in [2.24, 2.45) is 0 Å². The lowest BCUT2D eigenvalue weighted by molar-refractivity contribution is 0.102. The van der Waals surface area contributed by atoms with E-state index in [1.807, 2.05) is 60.2 Å². The van der Waals surface area contributed by atoms with Gasteiger partial charge in [-0.1, -0.05) is 18.2 Å². The highest BCUT2D eigenvalue weighted by atomic mass is 16.1. The molecule has 0 radical (unpaired) electrons. The Morgan fingerprint density at radius 3 is 2.72 bits per heavy atom. The van der Waals surface area contributed by atoms with Gasteiger partial charge in [0.25, 0.3) is 5.91 Å². The number of pyridine rings is 3. The minimum Gasteiger partial charge on any atom is -0.321 e. The van der Waals surface area contributed by atoms with Gasteiger partial charge in [-0.15, -0.1) is 0 Å². The summed E-state index contributed by atoms with van der Waals surface area (Å²) in [7, 11) is 0. The van der Waals surface area contributed by atoms with Crippen molar-refractivity contribution in [1.82, 2.24) is 44.7 Å². The first kappa shape index (κ1) is 22.5. The summed E-state index contributed by atoms with van der Waals surface area (Å²) in [6.45, 7) is 1.94. The number of nitrogens with one attached hydrogen (secondary N) is 3. The van der Waals surface area contributed by atoms with Gasteiger partial charge >= 0.3 is 0 Å². The molecule has 0 aliphatic heterocycles. The summed E-state index contributed by atoms with van der Waals surface area (Å²) in [6, 6.07) is 16.5. The molecule has 7 aromatic rings. The summed E-state index contributed by atoms with van der Waals surface area (Å²) in [4.78, 5) is 38.7. The van der Waals surface area contributed by atoms with Gasteiger partial charge in [0.05, 0.1) is 40.8 Å². The second-order valence-corrected chi connectivity index (χ2v) is 8.98. The van der Waals surface area contributed by atoms with E-state index in [2.05, 4.69) is 35.5 Å². The summed E-state index contributed by atoms with van der Waals surface area (Å²) >= 11 is 0. The van der Waals surface area contributed by atoms with Crippen LogP contribution < -0.4 is 5.32 Å². The molecule has 188 valence electrons. The Labute approximate surface area is 221 Å². The van der Waals surface area contributed by atoms with Gasteiger partial charge in [-0.3, -0.25) is 14.9 Å². The first-order valence-corrected chi connectivity index (χ1v) is 12.2. The number of aromatic amines is 2. The van der Waals surface area contributed by atoms with Crippen LogP contribution in [0.2, 0.25) is 0 Å². The van der Waals surface area contributed by atoms with E-state index in [-0.39, 0.29) is 5.91 Å². The predicted molar refractivity (Wildman–Crippen MR) is 146 cm³/mol. The van der Waals surface area contributed by atoms with Crippen molar-refractivity contribution in [1.29, 1.82) is 0 Å². The third-order valence-electron chi connectivity index (χ3n) is 6.31. The molecule has 0 bridgehead atoms. The minimum atomic E-state index is -0.209. The van der Waals surface area contributed by atoms with Gasteiger partial charge < -0.3 is 14.9 Å². The third-order valence-corrected chi connectivity index (χ3v) is 6.31. The van der Waals surface area contributed by atoms with Crippen LogP contribution in [-0.2, 0) is 0 Å². The molecule has 6 heterocycles. The lowest BCUT2D eigenvalue weighted by Gasteiger charge is -2.07. The topological polar surface area (TPSA) is 143 Å². The van der Waals surface area contributed by atoms with Crippen LogP contribution in [0.4, 0.5) is 5.69 Å². The molecule has 7 rings (SSSR count). The zero-order valence-electron chi connectivity index (χ0n) is 20.6. The van der Waals surface area contributed by atoms with Crippen LogP contribution in [0.15, 0.2) is 85.7 Å². The zero-order valence-corrected chi connectivity index (χ0v) is 20.6. The molecule has 39 heavy (non-hydrogen) atoms. The number of imidazole rings is 2. The second-order valence-electron chi connectivity index (χ2n) is 8.98. The minimum absolute atomic E-state index is 0.209. The molecule has 0 aliphatic carbocycles. The maximum absolute atomic E-state index is 12.6. The molecule has 3 N–H and O–H groups in total. The monoisotopic (exact) mass is 512 g/mol. The van der Waals surface area contributed by atoms with E-state index >= 15 is 0 Å². The number of hydrogen-bond donors (Lipinski definition) is 3. The van der Waals surface area contributed by atoms with Crippen LogP contribution in [0.1, 0.15) is 16.1 Å². The molecule has 0 saturated carbocycles. The van der Waals surface area contributed by atoms with Gasteiger partial charge in [0, 0.05) is 29.7 Å². The fourth-order valence-corrected chi connectivity index (χ4v) is 4.44. The summed E-state index contributed by atoms with van der Waals surface area (Å²) in [5.41, 5.74) is 7.63. The summed E-state index contributed by atoms with van der Waals surface area (Å²) < 4.78 is 1.92. The third kappa shape index (κ3) is 4.07. The Morgan fingerprint density at radius 2 is 1.87 bits per heavy atom. The molecule has 0 spiro atoms. The predicted octanol–water partition coefficient (Wildman–Crippen LogP) is 4.70. The van der Waals surface area contributed by atoms with Crippen molar-refractivity contribution in [3.63, 3.8) is 0 Å². The van der Waals surface area contributed by atoms with E-state index in [1.165, 1.54) is 0 Å². The number of aryl methyl sites for hydroxylation is 1. The lowest BCUT2D eigenvalue weighted by atomic mass is 10.1. The van der Waals surface area contributed by atoms with Crippen molar-refractivity contribution in [2.75, 3.05) is 5.32 Å². The molecule has 11 heteroatoms. The van der Waals surface area contributed by atoms with Crippen molar-refractivity contribution in [3.05, 3.63) is 97.0 Å². The first-order valence-electron chi connectivity index (χ1n) is 12.2. The average molecular weight is 513 g/mol. The second kappa shape index (κ2) is 8.99. The highest BCUT2D eigenvalue weighted by Gasteiger charge is 2.18. The number of carbonyl (C=O) groups is 1. The van der Waals surface area contributed by atoms with Crippen LogP contribution in [0.5, 0.6) is 0 Å². The van der Waals surface area contributed by atoms with Crippen LogP contribution in [0.3, 0.4) is 0 Å². The van der Waals surface area contributed by atoms with Crippen molar-refractivity contribution < 1.29 is 4.79 Å². The van der Waals surface area contributed by atoms with Gasteiger partial charge in [0.2, 0.25) is 0 Å². The largest absolute Gasteiger partial charge is 0.321 e. The summed E-state index contributed by atoms with van der Waals surface area (Å²) in [6.07, 6.45) is 8.72. The standard InChI is InChI=1S/C28H20N10O/c1-16-14-38(15-31-16)22-9-10-30-26-24(22)34-27(35-26)25-23-21(36-37-25)8-7-20(33-23)18-11-19(13-29-12-18)32-28(39)17-5-3-2-4-6-17/h2-15H,1H3,(H,32,39)(H,36,37)(H,30,34,35). The number of rotatable bonds is 5. The fraction of sp³-hybridized carbons (Fsp3) is 0.0357.